The number of nitrogens with zero attached hydrogens (tertiary/aromatic N) is 2. The zero-order valence-corrected chi connectivity index (χ0v) is 11.8. The molecule has 6 nitrogen and oxygen atoms in total. The maximum Gasteiger partial charge on any atom is 0.335 e. The quantitative estimate of drug-likeness (QED) is 0.550. The molecule has 0 saturated carbocycles. The van der Waals surface area contributed by atoms with Crippen molar-refractivity contribution in [3.8, 4) is 0 Å². The fraction of sp³-hybridized carbons (Fsp3) is 0.643. The van der Waals surface area contributed by atoms with Crippen LogP contribution in [0.2, 0.25) is 0 Å². The molecule has 20 heavy (non-hydrogen) atoms. The molecule has 2 amide bonds. The summed E-state index contributed by atoms with van der Waals surface area (Å²) in [4.78, 5) is 39.0. The van der Waals surface area contributed by atoms with Crippen LogP contribution in [0.5, 0.6) is 0 Å². The first-order valence-electron chi connectivity index (χ1n) is 6.97. The van der Waals surface area contributed by atoms with Crippen molar-refractivity contribution >= 4 is 17.8 Å². The summed E-state index contributed by atoms with van der Waals surface area (Å²) in [6, 6.07) is -0.361. The number of fused-ring (bicyclic) bond motifs is 1. The lowest BCUT2D eigenvalue weighted by atomic mass is 9.98. The second kappa shape index (κ2) is 6.07. The largest absolute Gasteiger partial charge is 0.463 e. The van der Waals surface area contributed by atoms with Crippen molar-refractivity contribution in [3.63, 3.8) is 0 Å². The van der Waals surface area contributed by atoms with Crippen LogP contribution < -0.4 is 0 Å². The van der Waals surface area contributed by atoms with Crippen LogP contribution in [0, 0.1) is 0 Å². The van der Waals surface area contributed by atoms with E-state index in [2.05, 4.69) is 6.58 Å². The highest BCUT2D eigenvalue weighted by molar-refractivity contribution is 5.96. The highest BCUT2D eigenvalue weighted by atomic mass is 16.5. The summed E-state index contributed by atoms with van der Waals surface area (Å²) in [6.07, 6.45) is 2.60. The van der Waals surface area contributed by atoms with Gasteiger partial charge in [-0.1, -0.05) is 6.58 Å². The van der Waals surface area contributed by atoms with Crippen molar-refractivity contribution in [2.24, 2.45) is 0 Å². The van der Waals surface area contributed by atoms with E-state index in [9.17, 15) is 14.4 Å². The molecule has 1 atom stereocenters. The fourth-order valence-corrected chi connectivity index (χ4v) is 2.69. The van der Waals surface area contributed by atoms with Crippen molar-refractivity contribution < 1.29 is 19.1 Å². The van der Waals surface area contributed by atoms with E-state index in [0.29, 0.717) is 13.0 Å². The van der Waals surface area contributed by atoms with Crippen molar-refractivity contribution in [1.82, 2.24) is 9.80 Å². The third-order valence-corrected chi connectivity index (χ3v) is 3.69. The molecule has 110 valence electrons. The number of hydrogen-bond acceptors (Lipinski definition) is 4. The highest BCUT2D eigenvalue weighted by Gasteiger charge is 2.40. The molecule has 2 saturated heterocycles. The lowest BCUT2D eigenvalue weighted by molar-refractivity contribution is -0.157. The SMILES string of the molecule is C=C(CN1CC(=O)N2CCCCC2C1=O)C(=O)OCC. The maximum absolute atomic E-state index is 12.4. The average molecular weight is 280 g/mol. The molecule has 2 aliphatic rings. The van der Waals surface area contributed by atoms with Gasteiger partial charge in [0, 0.05) is 12.1 Å². The smallest absolute Gasteiger partial charge is 0.335 e. The number of carbonyl (C=O) groups is 3. The summed E-state index contributed by atoms with van der Waals surface area (Å²) in [7, 11) is 0. The van der Waals surface area contributed by atoms with Gasteiger partial charge in [0.1, 0.15) is 12.6 Å². The molecule has 0 N–H and O–H groups in total. The first kappa shape index (κ1) is 14.6. The number of hydrogen-bond donors (Lipinski definition) is 0. The molecule has 0 aromatic rings. The van der Waals surface area contributed by atoms with Crippen molar-refractivity contribution in [1.29, 1.82) is 0 Å². The van der Waals surface area contributed by atoms with E-state index in [0.717, 1.165) is 12.8 Å². The Kier molecular flexibility index (Phi) is 4.42. The number of amides is 2. The van der Waals surface area contributed by atoms with Crippen LogP contribution in [0.25, 0.3) is 0 Å². The van der Waals surface area contributed by atoms with Crippen LogP contribution in [0.4, 0.5) is 0 Å². The molecule has 0 bridgehead atoms. The number of esters is 1. The van der Waals surface area contributed by atoms with E-state index >= 15 is 0 Å². The summed E-state index contributed by atoms with van der Waals surface area (Å²) >= 11 is 0. The molecule has 2 aliphatic heterocycles. The summed E-state index contributed by atoms with van der Waals surface area (Å²) in [6.45, 7) is 6.35. The molecule has 0 spiro atoms. The normalized spacial score (nSPS) is 22.6. The van der Waals surface area contributed by atoms with Crippen LogP contribution in [0.1, 0.15) is 26.2 Å². The monoisotopic (exact) mass is 280 g/mol. The second-order valence-corrected chi connectivity index (χ2v) is 5.12. The Labute approximate surface area is 118 Å². The van der Waals surface area contributed by atoms with Gasteiger partial charge < -0.3 is 14.5 Å². The molecule has 0 aromatic carbocycles. The Morgan fingerprint density at radius 3 is 2.85 bits per heavy atom. The van der Waals surface area contributed by atoms with Gasteiger partial charge in [-0.2, -0.15) is 0 Å². The molecule has 2 rings (SSSR count). The van der Waals surface area contributed by atoms with Gasteiger partial charge in [-0.3, -0.25) is 9.59 Å². The minimum absolute atomic E-state index is 0.0216. The lowest BCUT2D eigenvalue weighted by Crippen LogP contribution is -2.61. The second-order valence-electron chi connectivity index (χ2n) is 5.12. The maximum atomic E-state index is 12.4. The number of ether oxygens (including phenoxy) is 1. The van der Waals surface area contributed by atoms with Gasteiger partial charge in [-0.05, 0) is 26.2 Å². The van der Waals surface area contributed by atoms with Crippen LogP contribution in [0.15, 0.2) is 12.2 Å². The Morgan fingerprint density at radius 1 is 1.40 bits per heavy atom. The minimum atomic E-state index is -0.515. The van der Waals surface area contributed by atoms with E-state index in [1.165, 1.54) is 4.90 Å². The molecule has 0 aliphatic carbocycles. The number of carbonyl (C=O) groups excluding carboxylic acids is 3. The zero-order valence-electron chi connectivity index (χ0n) is 11.8. The van der Waals surface area contributed by atoms with Gasteiger partial charge in [0.15, 0.2) is 0 Å². The number of piperazine rings is 1. The Bertz CT molecular complexity index is 446. The summed E-state index contributed by atoms with van der Waals surface area (Å²) in [5, 5.41) is 0. The number of piperidine rings is 1. The van der Waals surface area contributed by atoms with Crippen molar-refractivity contribution in [2.75, 3.05) is 26.2 Å². The molecular weight excluding hydrogens is 260 g/mol. The minimum Gasteiger partial charge on any atom is -0.463 e. The topological polar surface area (TPSA) is 66.9 Å². The van der Waals surface area contributed by atoms with Gasteiger partial charge in [-0.25, -0.2) is 4.79 Å². The van der Waals surface area contributed by atoms with Gasteiger partial charge >= 0.3 is 5.97 Å². The van der Waals surface area contributed by atoms with Gasteiger partial charge in [0.25, 0.3) is 0 Å². The fourth-order valence-electron chi connectivity index (χ4n) is 2.69. The summed E-state index contributed by atoms with van der Waals surface area (Å²) in [5.74, 6) is -0.653. The van der Waals surface area contributed by atoms with Crippen LogP contribution >= 0.6 is 0 Å². The predicted octanol–water partition coefficient (Wildman–Crippen LogP) is 0.329. The third kappa shape index (κ3) is 2.84. The van der Waals surface area contributed by atoms with Gasteiger partial charge in [0.05, 0.1) is 13.2 Å². The van der Waals surface area contributed by atoms with Crippen molar-refractivity contribution in [2.45, 2.75) is 32.2 Å². The number of rotatable bonds is 4. The zero-order chi connectivity index (χ0) is 14.7. The van der Waals surface area contributed by atoms with E-state index in [4.69, 9.17) is 4.74 Å². The Balaban J connectivity index is 2.02. The molecule has 0 aromatic heterocycles. The van der Waals surface area contributed by atoms with E-state index in [1.807, 2.05) is 0 Å². The molecule has 2 fully saturated rings. The molecule has 2 heterocycles. The van der Waals surface area contributed by atoms with Crippen LogP contribution in [-0.2, 0) is 19.1 Å². The van der Waals surface area contributed by atoms with E-state index in [-0.39, 0.29) is 43.1 Å². The first-order chi connectivity index (χ1) is 9.54. The first-order valence-corrected chi connectivity index (χ1v) is 6.97. The standard InChI is InChI=1S/C14H20N2O4/c1-3-20-14(19)10(2)8-15-9-12(17)16-7-5-4-6-11(16)13(15)18/h11H,2-9H2,1H3. The summed E-state index contributed by atoms with van der Waals surface area (Å²) < 4.78 is 4.84. The van der Waals surface area contributed by atoms with Crippen LogP contribution in [0.3, 0.4) is 0 Å². The molecule has 1 unspecified atom stereocenters. The van der Waals surface area contributed by atoms with E-state index < -0.39 is 5.97 Å². The van der Waals surface area contributed by atoms with Gasteiger partial charge in [-0.15, -0.1) is 0 Å². The highest BCUT2D eigenvalue weighted by Crippen LogP contribution is 2.23. The third-order valence-electron chi connectivity index (χ3n) is 3.69. The van der Waals surface area contributed by atoms with E-state index in [1.54, 1.807) is 11.8 Å². The Morgan fingerprint density at radius 2 is 2.15 bits per heavy atom. The van der Waals surface area contributed by atoms with Crippen LogP contribution in [-0.4, -0.2) is 59.9 Å². The predicted molar refractivity (Wildman–Crippen MR) is 71.7 cm³/mol. The Hall–Kier alpha value is -1.85. The van der Waals surface area contributed by atoms with Crippen molar-refractivity contribution in [3.05, 3.63) is 12.2 Å². The lowest BCUT2D eigenvalue weighted by Gasteiger charge is -2.42. The summed E-state index contributed by atoms with van der Waals surface area (Å²) in [5.41, 5.74) is 0.206. The average Bonchev–Trinajstić information content (AvgIpc) is 2.44. The molecular formula is C14H20N2O4. The van der Waals surface area contributed by atoms with Gasteiger partial charge in [0.2, 0.25) is 11.8 Å². The molecule has 6 heteroatoms. The molecule has 0 radical (unpaired) electrons.